The number of aromatic nitrogens is 1. The van der Waals surface area contributed by atoms with Gasteiger partial charge in [-0.1, -0.05) is 23.5 Å². The quantitative estimate of drug-likeness (QED) is 0.877. The van der Waals surface area contributed by atoms with Crippen molar-refractivity contribution < 1.29 is 4.74 Å². The summed E-state index contributed by atoms with van der Waals surface area (Å²) >= 11 is 1.65. The van der Waals surface area contributed by atoms with Crippen LogP contribution >= 0.6 is 11.3 Å². The molecule has 0 bridgehead atoms. The Morgan fingerprint density at radius 3 is 2.88 bits per heavy atom. The number of hydrogen-bond acceptors (Lipinski definition) is 4. The molecule has 0 aliphatic heterocycles. The van der Waals surface area contributed by atoms with Crippen molar-refractivity contribution in [3.63, 3.8) is 0 Å². The van der Waals surface area contributed by atoms with E-state index in [4.69, 9.17) is 4.74 Å². The number of ether oxygens (including phenoxy) is 1. The van der Waals surface area contributed by atoms with E-state index in [0.29, 0.717) is 6.61 Å². The monoisotopic (exact) mass is 248 g/mol. The fraction of sp³-hybridized carbons (Fsp3) is 0.308. The number of benzene rings is 1. The van der Waals surface area contributed by atoms with Crippen LogP contribution in [-0.2, 0) is 0 Å². The number of nitrogens with one attached hydrogen (secondary N) is 1. The van der Waals surface area contributed by atoms with E-state index in [1.807, 2.05) is 31.3 Å². The van der Waals surface area contributed by atoms with Crippen LogP contribution in [0.2, 0.25) is 0 Å². The van der Waals surface area contributed by atoms with Gasteiger partial charge in [-0.05, 0) is 26.0 Å². The zero-order valence-corrected chi connectivity index (χ0v) is 10.9. The van der Waals surface area contributed by atoms with E-state index in [9.17, 15) is 0 Å². The first-order valence-electron chi connectivity index (χ1n) is 5.77. The Hall–Kier alpha value is -1.55. The fourth-order valence-electron chi connectivity index (χ4n) is 1.58. The number of rotatable bonds is 5. The minimum Gasteiger partial charge on any atom is -0.493 e. The molecule has 90 valence electrons. The lowest BCUT2D eigenvalue weighted by molar-refractivity contribution is 0.341. The van der Waals surface area contributed by atoms with E-state index in [0.717, 1.165) is 27.9 Å². The van der Waals surface area contributed by atoms with E-state index in [-0.39, 0.29) is 0 Å². The standard InChI is InChI=1S/C13H16N2OS/c1-3-14-13-15-9-12(17-13)10-7-5-6-8-11(10)16-4-2/h5-9H,3-4H2,1-2H3,(H,14,15). The summed E-state index contributed by atoms with van der Waals surface area (Å²) in [6.07, 6.45) is 1.89. The molecule has 2 aromatic rings. The molecule has 4 heteroatoms. The van der Waals surface area contributed by atoms with E-state index in [1.165, 1.54) is 0 Å². The van der Waals surface area contributed by atoms with Crippen LogP contribution in [0, 0.1) is 0 Å². The van der Waals surface area contributed by atoms with Crippen LogP contribution in [0.3, 0.4) is 0 Å². The average Bonchev–Trinajstić information content (AvgIpc) is 2.79. The minimum atomic E-state index is 0.676. The predicted molar refractivity (Wildman–Crippen MR) is 72.9 cm³/mol. The molecule has 3 nitrogen and oxygen atoms in total. The second-order valence-corrected chi connectivity index (χ2v) is 4.52. The Balaban J connectivity index is 2.31. The number of anilines is 1. The maximum atomic E-state index is 5.62. The van der Waals surface area contributed by atoms with Gasteiger partial charge >= 0.3 is 0 Å². The van der Waals surface area contributed by atoms with E-state index >= 15 is 0 Å². The second kappa shape index (κ2) is 5.68. The van der Waals surface area contributed by atoms with Gasteiger partial charge in [0.25, 0.3) is 0 Å². The van der Waals surface area contributed by atoms with Crippen molar-refractivity contribution in [2.24, 2.45) is 0 Å². The topological polar surface area (TPSA) is 34.2 Å². The Labute approximate surface area is 105 Å². The SMILES string of the molecule is CCNc1ncc(-c2ccccc2OCC)s1. The fourth-order valence-corrected chi connectivity index (χ4v) is 2.50. The van der Waals surface area contributed by atoms with Gasteiger partial charge in [0.1, 0.15) is 5.75 Å². The molecule has 0 radical (unpaired) electrons. The van der Waals surface area contributed by atoms with Crippen LogP contribution < -0.4 is 10.1 Å². The zero-order valence-electron chi connectivity index (χ0n) is 10.1. The molecular weight excluding hydrogens is 232 g/mol. The summed E-state index contributed by atoms with van der Waals surface area (Å²) in [5, 5.41) is 4.17. The van der Waals surface area contributed by atoms with Gasteiger partial charge in [0.05, 0.1) is 11.5 Å². The summed E-state index contributed by atoms with van der Waals surface area (Å²) in [5.41, 5.74) is 1.11. The second-order valence-electron chi connectivity index (χ2n) is 3.49. The Morgan fingerprint density at radius 1 is 1.29 bits per heavy atom. The van der Waals surface area contributed by atoms with E-state index in [2.05, 4.69) is 23.3 Å². The van der Waals surface area contributed by atoms with Crippen molar-refractivity contribution in [2.75, 3.05) is 18.5 Å². The summed E-state index contributed by atoms with van der Waals surface area (Å²) in [4.78, 5) is 5.47. The van der Waals surface area contributed by atoms with Gasteiger partial charge in [-0.3, -0.25) is 0 Å². The molecule has 2 rings (SSSR count). The lowest BCUT2D eigenvalue weighted by Gasteiger charge is -2.07. The lowest BCUT2D eigenvalue weighted by atomic mass is 10.2. The van der Waals surface area contributed by atoms with Crippen LogP contribution in [0.1, 0.15) is 13.8 Å². The number of hydrogen-bond donors (Lipinski definition) is 1. The van der Waals surface area contributed by atoms with Crippen molar-refractivity contribution in [3.8, 4) is 16.2 Å². The maximum Gasteiger partial charge on any atom is 0.183 e. The first kappa shape index (κ1) is 11.9. The smallest absolute Gasteiger partial charge is 0.183 e. The third-order valence-corrected chi connectivity index (χ3v) is 3.27. The van der Waals surface area contributed by atoms with Crippen molar-refractivity contribution in [3.05, 3.63) is 30.5 Å². The number of para-hydroxylation sites is 1. The molecule has 0 saturated heterocycles. The zero-order chi connectivity index (χ0) is 12.1. The average molecular weight is 248 g/mol. The molecule has 0 fully saturated rings. The molecule has 1 aromatic heterocycles. The maximum absolute atomic E-state index is 5.62. The molecule has 1 aromatic carbocycles. The molecule has 0 saturated carbocycles. The molecule has 0 spiro atoms. The summed E-state index contributed by atoms with van der Waals surface area (Å²) in [6, 6.07) is 8.06. The molecule has 1 N–H and O–H groups in total. The summed E-state index contributed by atoms with van der Waals surface area (Å²) < 4.78 is 5.62. The van der Waals surface area contributed by atoms with Gasteiger partial charge in [0, 0.05) is 18.3 Å². The third-order valence-electron chi connectivity index (χ3n) is 2.29. The molecular formula is C13H16N2OS. The Morgan fingerprint density at radius 2 is 2.12 bits per heavy atom. The summed E-state index contributed by atoms with van der Waals surface area (Å²) in [7, 11) is 0. The Kier molecular flexibility index (Phi) is 3.98. The normalized spacial score (nSPS) is 10.2. The van der Waals surface area contributed by atoms with Crippen molar-refractivity contribution in [2.45, 2.75) is 13.8 Å². The van der Waals surface area contributed by atoms with Crippen LogP contribution in [0.15, 0.2) is 30.5 Å². The van der Waals surface area contributed by atoms with E-state index < -0.39 is 0 Å². The highest BCUT2D eigenvalue weighted by Gasteiger charge is 2.08. The first-order valence-corrected chi connectivity index (χ1v) is 6.58. The molecule has 0 atom stereocenters. The number of nitrogens with zero attached hydrogens (tertiary/aromatic N) is 1. The highest BCUT2D eigenvalue weighted by Crippen LogP contribution is 2.35. The molecule has 0 aliphatic rings. The van der Waals surface area contributed by atoms with Gasteiger partial charge in [0.2, 0.25) is 0 Å². The van der Waals surface area contributed by atoms with Crippen molar-refractivity contribution >= 4 is 16.5 Å². The van der Waals surface area contributed by atoms with Crippen LogP contribution in [-0.4, -0.2) is 18.1 Å². The number of thiazole rings is 1. The van der Waals surface area contributed by atoms with Gasteiger partial charge in [0.15, 0.2) is 5.13 Å². The lowest BCUT2D eigenvalue weighted by Crippen LogP contribution is -1.94. The molecule has 0 unspecified atom stereocenters. The minimum absolute atomic E-state index is 0.676. The highest BCUT2D eigenvalue weighted by atomic mass is 32.1. The van der Waals surface area contributed by atoms with E-state index in [1.54, 1.807) is 11.3 Å². The largest absolute Gasteiger partial charge is 0.493 e. The van der Waals surface area contributed by atoms with Crippen molar-refractivity contribution in [1.29, 1.82) is 0 Å². The first-order chi connectivity index (χ1) is 8.35. The summed E-state index contributed by atoms with van der Waals surface area (Å²) in [6.45, 7) is 5.62. The Bertz CT molecular complexity index is 482. The van der Waals surface area contributed by atoms with Crippen LogP contribution in [0.5, 0.6) is 5.75 Å². The van der Waals surface area contributed by atoms with Crippen LogP contribution in [0.4, 0.5) is 5.13 Å². The van der Waals surface area contributed by atoms with Crippen LogP contribution in [0.25, 0.3) is 10.4 Å². The molecule has 0 aliphatic carbocycles. The van der Waals surface area contributed by atoms with Gasteiger partial charge in [-0.2, -0.15) is 0 Å². The predicted octanol–water partition coefficient (Wildman–Crippen LogP) is 3.64. The third kappa shape index (κ3) is 2.77. The van der Waals surface area contributed by atoms with Crippen molar-refractivity contribution in [1.82, 2.24) is 4.98 Å². The summed E-state index contributed by atoms with van der Waals surface area (Å²) in [5.74, 6) is 0.918. The van der Waals surface area contributed by atoms with Gasteiger partial charge in [-0.25, -0.2) is 4.98 Å². The van der Waals surface area contributed by atoms with Gasteiger partial charge in [-0.15, -0.1) is 0 Å². The van der Waals surface area contributed by atoms with Gasteiger partial charge < -0.3 is 10.1 Å². The molecule has 17 heavy (non-hydrogen) atoms. The molecule has 1 heterocycles. The molecule has 0 amide bonds. The highest BCUT2D eigenvalue weighted by molar-refractivity contribution is 7.18.